The SMILES string of the molecule is CCc1ccc(CCC(=O)NCC(O)CO)cc1. The number of hydrogen-bond donors (Lipinski definition) is 3. The Morgan fingerprint density at radius 1 is 1.28 bits per heavy atom. The fourth-order valence-electron chi connectivity index (χ4n) is 1.58. The molecule has 0 spiro atoms. The van der Waals surface area contributed by atoms with Gasteiger partial charge in [0.15, 0.2) is 0 Å². The third kappa shape index (κ3) is 5.29. The molecular formula is C14H21NO3. The van der Waals surface area contributed by atoms with Crippen LogP contribution < -0.4 is 5.32 Å². The number of rotatable bonds is 7. The number of hydrogen-bond acceptors (Lipinski definition) is 3. The second-order valence-corrected chi connectivity index (χ2v) is 4.31. The Kier molecular flexibility index (Phi) is 6.39. The summed E-state index contributed by atoms with van der Waals surface area (Å²) in [5, 5.41) is 20.3. The van der Waals surface area contributed by atoms with Crippen LogP contribution in [0, 0.1) is 0 Å². The Bertz CT molecular complexity index is 362. The maximum Gasteiger partial charge on any atom is 0.220 e. The predicted molar refractivity (Wildman–Crippen MR) is 70.2 cm³/mol. The van der Waals surface area contributed by atoms with Crippen molar-refractivity contribution in [1.82, 2.24) is 5.32 Å². The Labute approximate surface area is 108 Å². The van der Waals surface area contributed by atoms with Gasteiger partial charge in [0, 0.05) is 13.0 Å². The largest absolute Gasteiger partial charge is 0.394 e. The van der Waals surface area contributed by atoms with Crippen molar-refractivity contribution in [2.75, 3.05) is 13.2 Å². The lowest BCUT2D eigenvalue weighted by atomic mass is 10.1. The molecule has 0 heterocycles. The zero-order chi connectivity index (χ0) is 13.4. The van der Waals surface area contributed by atoms with Crippen LogP contribution in [0.4, 0.5) is 0 Å². The van der Waals surface area contributed by atoms with Gasteiger partial charge in [-0.1, -0.05) is 31.2 Å². The van der Waals surface area contributed by atoms with E-state index in [1.54, 1.807) is 0 Å². The third-order valence-corrected chi connectivity index (χ3v) is 2.82. The molecular weight excluding hydrogens is 230 g/mol. The van der Waals surface area contributed by atoms with Crippen molar-refractivity contribution in [3.8, 4) is 0 Å². The Morgan fingerprint density at radius 3 is 2.44 bits per heavy atom. The first kappa shape index (κ1) is 14.7. The van der Waals surface area contributed by atoms with E-state index < -0.39 is 6.10 Å². The second-order valence-electron chi connectivity index (χ2n) is 4.31. The highest BCUT2D eigenvalue weighted by Gasteiger charge is 2.05. The highest BCUT2D eigenvalue weighted by atomic mass is 16.3. The van der Waals surface area contributed by atoms with Crippen LogP contribution in [0.1, 0.15) is 24.5 Å². The molecule has 1 atom stereocenters. The quantitative estimate of drug-likeness (QED) is 0.666. The molecule has 18 heavy (non-hydrogen) atoms. The van der Waals surface area contributed by atoms with Gasteiger partial charge in [0.25, 0.3) is 0 Å². The summed E-state index contributed by atoms with van der Waals surface area (Å²) in [7, 11) is 0. The number of aliphatic hydroxyl groups excluding tert-OH is 2. The van der Waals surface area contributed by atoms with E-state index in [1.165, 1.54) is 5.56 Å². The minimum Gasteiger partial charge on any atom is -0.394 e. The van der Waals surface area contributed by atoms with Gasteiger partial charge in [-0.2, -0.15) is 0 Å². The molecule has 0 saturated heterocycles. The fourth-order valence-corrected chi connectivity index (χ4v) is 1.58. The molecule has 3 N–H and O–H groups in total. The summed E-state index contributed by atoms with van der Waals surface area (Å²) in [5.41, 5.74) is 2.42. The van der Waals surface area contributed by atoms with Gasteiger partial charge < -0.3 is 15.5 Å². The number of nitrogens with one attached hydrogen (secondary N) is 1. The van der Waals surface area contributed by atoms with E-state index in [0.29, 0.717) is 12.8 Å². The van der Waals surface area contributed by atoms with E-state index in [4.69, 9.17) is 10.2 Å². The highest BCUT2D eigenvalue weighted by molar-refractivity contribution is 5.76. The molecule has 1 unspecified atom stereocenters. The molecule has 0 aliphatic carbocycles. The molecule has 0 aliphatic heterocycles. The monoisotopic (exact) mass is 251 g/mol. The van der Waals surface area contributed by atoms with Gasteiger partial charge in [-0.25, -0.2) is 0 Å². The van der Waals surface area contributed by atoms with Crippen molar-refractivity contribution in [2.24, 2.45) is 0 Å². The third-order valence-electron chi connectivity index (χ3n) is 2.82. The molecule has 0 saturated carbocycles. The van der Waals surface area contributed by atoms with E-state index in [2.05, 4.69) is 24.4 Å². The normalized spacial score (nSPS) is 12.2. The summed E-state index contributed by atoms with van der Waals surface area (Å²) in [6.07, 6.45) is 1.21. The van der Waals surface area contributed by atoms with Crippen LogP contribution in [0.15, 0.2) is 24.3 Å². The van der Waals surface area contributed by atoms with Gasteiger partial charge in [-0.3, -0.25) is 4.79 Å². The maximum atomic E-state index is 11.5. The van der Waals surface area contributed by atoms with Gasteiger partial charge >= 0.3 is 0 Å². The number of benzene rings is 1. The average molecular weight is 251 g/mol. The Hall–Kier alpha value is -1.39. The first-order chi connectivity index (χ1) is 8.65. The topological polar surface area (TPSA) is 69.6 Å². The second kappa shape index (κ2) is 7.84. The summed E-state index contributed by atoms with van der Waals surface area (Å²) < 4.78 is 0. The number of amides is 1. The highest BCUT2D eigenvalue weighted by Crippen LogP contribution is 2.07. The lowest BCUT2D eigenvalue weighted by molar-refractivity contribution is -0.121. The standard InChI is InChI=1S/C14H21NO3/c1-2-11-3-5-12(6-4-11)7-8-14(18)15-9-13(17)10-16/h3-6,13,16-17H,2,7-10H2,1H3,(H,15,18). The maximum absolute atomic E-state index is 11.5. The molecule has 0 fully saturated rings. The first-order valence-electron chi connectivity index (χ1n) is 6.29. The molecule has 0 bridgehead atoms. The summed E-state index contributed by atoms with van der Waals surface area (Å²) in [6, 6.07) is 8.22. The van der Waals surface area contributed by atoms with Crippen molar-refractivity contribution >= 4 is 5.91 Å². The molecule has 0 aromatic heterocycles. The van der Waals surface area contributed by atoms with Gasteiger partial charge in [0.2, 0.25) is 5.91 Å². The number of carbonyl (C=O) groups excluding carboxylic acids is 1. The zero-order valence-corrected chi connectivity index (χ0v) is 10.7. The van der Waals surface area contributed by atoms with Gasteiger partial charge in [0.1, 0.15) is 0 Å². The Balaban J connectivity index is 2.29. The summed E-state index contributed by atoms with van der Waals surface area (Å²) >= 11 is 0. The predicted octanol–water partition coefficient (Wildman–Crippen LogP) is 0.651. The molecule has 4 nitrogen and oxygen atoms in total. The van der Waals surface area contributed by atoms with Crippen molar-refractivity contribution in [3.63, 3.8) is 0 Å². The van der Waals surface area contributed by atoms with E-state index >= 15 is 0 Å². The van der Waals surface area contributed by atoms with Crippen LogP contribution >= 0.6 is 0 Å². The lowest BCUT2D eigenvalue weighted by Crippen LogP contribution is -2.33. The van der Waals surface area contributed by atoms with Crippen molar-refractivity contribution in [1.29, 1.82) is 0 Å². The summed E-state index contributed by atoms with van der Waals surface area (Å²) in [4.78, 5) is 11.5. The average Bonchev–Trinajstić information content (AvgIpc) is 2.42. The molecule has 1 rings (SSSR count). The van der Waals surface area contributed by atoms with E-state index in [9.17, 15) is 4.79 Å². The molecule has 4 heteroatoms. The van der Waals surface area contributed by atoms with Crippen LogP contribution in [0.25, 0.3) is 0 Å². The number of carbonyl (C=O) groups is 1. The van der Waals surface area contributed by atoms with Gasteiger partial charge in [-0.05, 0) is 24.0 Å². The van der Waals surface area contributed by atoms with Gasteiger partial charge in [-0.15, -0.1) is 0 Å². The fraction of sp³-hybridized carbons (Fsp3) is 0.500. The Morgan fingerprint density at radius 2 is 1.89 bits per heavy atom. The molecule has 0 radical (unpaired) electrons. The van der Waals surface area contributed by atoms with Crippen LogP contribution in [0.2, 0.25) is 0 Å². The van der Waals surface area contributed by atoms with Gasteiger partial charge in [0.05, 0.1) is 12.7 Å². The molecule has 100 valence electrons. The number of aryl methyl sites for hydroxylation is 2. The van der Waals surface area contributed by atoms with E-state index in [0.717, 1.165) is 12.0 Å². The van der Waals surface area contributed by atoms with Crippen LogP contribution in [-0.2, 0) is 17.6 Å². The van der Waals surface area contributed by atoms with E-state index in [-0.39, 0.29) is 19.1 Å². The van der Waals surface area contributed by atoms with Crippen LogP contribution in [0.3, 0.4) is 0 Å². The van der Waals surface area contributed by atoms with E-state index in [1.807, 2.05) is 12.1 Å². The molecule has 1 aromatic rings. The van der Waals surface area contributed by atoms with Crippen LogP contribution in [0.5, 0.6) is 0 Å². The van der Waals surface area contributed by atoms with Crippen molar-refractivity contribution in [2.45, 2.75) is 32.3 Å². The minimum absolute atomic E-state index is 0.101. The van der Waals surface area contributed by atoms with Crippen LogP contribution in [-0.4, -0.2) is 35.4 Å². The minimum atomic E-state index is -0.877. The first-order valence-corrected chi connectivity index (χ1v) is 6.29. The van der Waals surface area contributed by atoms with Crippen molar-refractivity contribution < 1.29 is 15.0 Å². The summed E-state index contributed by atoms with van der Waals surface area (Å²) in [6.45, 7) is 1.87. The molecule has 0 aliphatic rings. The molecule has 1 amide bonds. The smallest absolute Gasteiger partial charge is 0.220 e. The molecule has 1 aromatic carbocycles. The zero-order valence-electron chi connectivity index (χ0n) is 10.7. The van der Waals surface area contributed by atoms with Crippen molar-refractivity contribution in [3.05, 3.63) is 35.4 Å². The lowest BCUT2D eigenvalue weighted by Gasteiger charge is -2.09. The summed E-state index contributed by atoms with van der Waals surface area (Å²) in [5.74, 6) is -0.109. The number of aliphatic hydroxyl groups is 2.